The van der Waals surface area contributed by atoms with Crippen molar-refractivity contribution in [1.29, 1.82) is 0 Å². The van der Waals surface area contributed by atoms with Gasteiger partial charge in [-0.25, -0.2) is 0 Å². The van der Waals surface area contributed by atoms with Gasteiger partial charge in [-0.3, -0.25) is 10.1 Å². The van der Waals surface area contributed by atoms with E-state index in [-0.39, 0.29) is 5.69 Å². The molecule has 0 aliphatic carbocycles. The number of non-ortho nitro benzene ring substituents is 1. The van der Waals surface area contributed by atoms with E-state index in [2.05, 4.69) is 22.4 Å². The van der Waals surface area contributed by atoms with Crippen LogP contribution >= 0.6 is 12.2 Å². The summed E-state index contributed by atoms with van der Waals surface area (Å²) in [7, 11) is 0. The van der Waals surface area contributed by atoms with Crippen LogP contribution < -0.4 is 0 Å². The molecular weight excluding hydrogens is 224 g/mol. The molecule has 0 N–H and O–H groups in total. The van der Waals surface area contributed by atoms with Crippen molar-refractivity contribution < 1.29 is 4.92 Å². The third kappa shape index (κ3) is 1.95. The zero-order valence-corrected chi connectivity index (χ0v) is 8.90. The summed E-state index contributed by atoms with van der Waals surface area (Å²) in [6.07, 6.45) is 0. The second kappa shape index (κ2) is 4.18. The van der Waals surface area contributed by atoms with Crippen LogP contribution in [0.25, 0.3) is 10.8 Å². The van der Waals surface area contributed by atoms with Gasteiger partial charge in [0.05, 0.1) is 15.8 Å². The highest BCUT2D eigenvalue weighted by Gasteiger charge is 2.05. The number of nitro groups is 1. The molecule has 5 heteroatoms. The van der Waals surface area contributed by atoms with Crippen LogP contribution in [0.15, 0.2) is 41.4 Å². The zero-order chi connectivity index (χ0) is 11.5. The van der Waals surface area contributed by atoms with Crippen LogP contribution in [-0.2, 0) is 0 Å². The third-order valence-electron chi connectivity index (χ3n) is 2.19. The van der Waals surface area contributed by atoms with Crippen molar-refractivity contribution in [2.24, 2.45) is 4.99 Å². The number of isothiocyanates is 1. The van der Waals surface area contributed by atoms with Crippen LogP contribution in [0.2, 0.25) is 0 Å². The van der Waals surface area contributed by atoms with Crippen LogP contribution in [0.4, 0.5) is 11.4 Å². The van der Waals surface area contributed by atoms with Crippen LogP contribution in [0, 0.1) is 10.1 Å². The van der Waals surface area contributed by atoms with Gasteiger partial charge in [0, 0.05) is 12.1 Å². The monoisotopic (exact) mass is 230 g/mol. The predicted octanol–water partition coefficient (Wildman–Crippen LogP) is 3.48. The number of nitrogens with zero attached hydrogens (tertiary/aromatic N) is 2. The highest BCUT2D eigenvalue weighted by molar-refractivity contribution is 7.78. The van der Waals surface area contributed by atoms with E-state index in [1.54, 1.807) is 24.3 Å². The minimum absolute atomic E-state index is 0.0820. The van der Waals surface area contributed by atoms with Gasteiger partial charge in [-0.1, -0.05) is 6.07 Å². The molecule has 0 aliphatic heterocycles. The molecule has 0 bridgehead atoms. The van der Waals surface area contributed by atoms with E-state index in [4.69, 9.17) is 0 Å². The van der Waals surface area contributed by atoms with E-state index in [1.807, 2.05) is 0 Å². The van der Waals surface area contributed by atoms with E-state index in [1.165, 1.54) is 12.1 Å². The lowest BCUT2D eigenvalue weighted by atomic mass is 10.1. The molecule has 0 atom stereocenters. The fraction of sp³-hybridized carbons (Fsp3) is 0. The van der Waals surface area contributed by atoms with Gasteiger partial charge in [-0.2, -0.15) is 4.99 Å². The molecule has 2 aromatic rings. The van der Waals surface area contributed by atoms with E-state index in [0.717, 1.165) is 10.8 Å². The zero-order valence-electron chi connectivity index (χ0n) is 8.08. The number of hydrogen-bond acceptors (Lipinski definition) is 4. The number of hydrogen-bond donors (Lipinski definition) is 0. The molecule has 0 unspecified atom stereocenters. The first-order valence-electron chi connectivity index (χ1n) is 4.47. The van der Waals surface area contributed by atoms with Gasteiger partial charge in [0.15, 0.2) is 0 Å². The number of nitro benzene ring substituents is 1. The molecule has 0 aliphatic rings. The van der Waals surface area contributed by atoms with Gasteiger partial charge in [0.1, 0.15) is 0 Å². The third-order valence-corrected chi connectivity index (χ3v) is 2.28. The Bertz CT molecular complexity index is 577. The molecule has 0 radical (unpaired) electrons. The lowest BCUT2D eigenvalue weighted by Crippen LogP contribution is -1.86. The number of fused-ring (bicyclic) bond motifs is 1. The second-order valence-corrected chi connectivity index (χ2v) is 3.36. The highest BCUT2D eigenvalue weighted by atomic mass is 32.1. The molecule has 2 rings (SSSR count). The fourth-order valence-corrected chi connectivity index (χ4v) is 1.56. The van der Waals surface area contributed by atoms with E-state index < -0.39 is 4.92 Å². The van der Waals surface area contributed by atoms with E-state index >= 15 is 0 Å². The normalized spacial score (nSPS) is 9.75. The SMILES string of the molecule is O=[N+]([O-])c1ccc2cc(N=C=S)ccc2c1. The first-order chi connectivity index (χ1) is 7.70. The summed E-state index contributed by atoms with van der Waals surface area (Å²) < 4.78 is 0. The van der Waals surface area contributed by atoms with Crippen molar-refractivity contribution >= 4 is 39.5 Å². The van der Waals surface area contributed by atoms with Crippen LogP contribution in [0.5, 0.6) is 0 Å². The lowest BCUT2D eigenvalue weighted by Gasteiger charge is -1.98. The van der Waals surface area contributed by atoms with Crippen LogP contribution in [-0.4, -0.2) is 10.1 Å². The van der Waals surface area contributed by atoms with Gasteiger partial charge < -0.3 is 0 Å². The number of rotatable bonds is 2. The molecule has 0 fully saturated rings. The Kier molecular flexibility index (Phi) is 2.72. The maximum Gasteiger partial charge on any atom is 0.270 e. The average molecular weight is 230 g/mol. The molecule has 0 saturated carbocycles. The van der Waals surface area contributed by atoms with Crippen molar-refractivity contribution in [2.75, 3.05) is 0 Å². The molecule has 0 saturated heterocycles. The maximum absolute atomic E-state index is 10.6. The van der Waals surface area contributed by atoms with Gasteiger partial charge in [-0.15, -0.1) is 0 Å². The Morgan fingerprint density at radius 3 is 2.56 bits per heavy atom. The summed E-state index contributed by atoms with van der Waals surface area (Å²) in [5, 5.41) is 14.5. The Balaban J connectivity index is 2.61. The molecule has 16 heavy (non-hydrogen) atoms. The summed E-state index contributed by atoms with van der Waals surface area (Å²) >= 11 is 4.51. The first kappa shape index (κ1) is 10.4. The highest BCUT2D eigenvalue weighted by Crippen LogP contribution is 2.24. The lowest BCUT2D eigenvalue weighted by molar-refractivity contribution is -0.384. The van der Waals surface area contributed by atoms with Crippen LogP contribution in [0.3, 0.4) is 0 Å². The minimum atomic E-state index is -0.414. The number of thiocarbonyl (C=S) groups is 1. The summed E-state index contributed by atoms with van der Waals surface area (Å²) in [5.41, 5.74) is 0.773. The van der Waals surface area contributed by atoms with Crippen molar-refractivity contribution in [3.05, 3.63) is 46.5 Å². The Labute approximate surface area is 96.4 Å². The molecule has 0 spiro atoms. The fourth-order valence-electron chi connectivity index (χ4n) is 1.46. The molecule has 2 aromatic carbocycles. The van der Waals surface area contributed by atoms with E-state index in [0.29, 0.717) is 5.69 Å². The largest absolute Gasteiger partial charge is 0.270 e. The van der Waals surface area contributed by atoms with Crippen molar-refractivity contribution in [3.63, 3.8) is 0 Å². The molecular formula is C11H6N2O2S. The molecule has 4 nitrogen and oxygen atoms in total. The van der Waals surface area contributed by atoms with Crippen molar-refractivity contribution in [3.8, 4) is 0 Å². The topological polar surface area (TPSA) is 55.5 Å². The Morgan fingerprint density at radius 1 is 1.19 bits per heavy atom. The van der Waals surface area contributed by atoms with Gasteiger partial charge in [0.2, 0.25) is 0 Å². The predicted molar refractivity (Wildman–Crippen MR) is 65.3 cm³/mol. The van der Waals surface area contributed by atoms with Gasteiger partial charge in [-0.05, 0) is 41.2 Å². The smallest absolute Gasteiger partial charge is 0.258 e. The molecule has 0 heterocycles. The number of aliphatic imine (C=N–C) groups is 1. The first-order valence-corrected chi connectivity index (χ1v) is 4.87. The maximum atomic E-state index is 10.6. The Morgan fingerprint density at radius 2 is 1.88 bits per heavy atom. The summed E-state index contributed by atoms with van der Waals surface area (Å²) in [5.74, 6) is 0. The van der Waals surface area contributed by atoms with Crippen molar-refractivity contribution in [2.45, 2.75) is 0 Å². The average Bonchev–Trinajstić information content (AvgIpc) is 2.28. The summed E-state index contributed by atoms with van der Waals surface area (Å²) in [6, 6.07) is 10.0. The van der Waals surface area contributed by atoms with Gasteiger partial charge >= 0.3 is 0 Å². The summed E-state index contributed by atoms with van der Waals surface area (Å²) in [6.45, 7) is 0. The molecule has 0 amide bonds. The van der Waals surface area contributed by atoms with E-state index in [9.17, 15) is 10.1 Å². The summed E-state index contributed by atoms with van der Waals surface area (Å²) in [4.78, 5) is 14.0. The standard InChI is InChI=1S/C11H6N2O2S/c14-13(15)11-4-2-8-5-10(12-7-16)3-1-9(8)6-11/h1-6H. The molecule has 78 valence electrons. The Hall–Kier alpha value is -2.10. The second-order valence-electron chi connectivity index (χ2n) is 3.18. The molecule has 0 aromatic heterocycles. The van der Waals surface area contributed by atoms with Gasteiger partial charge in [0.25, 0.3) is 5.69 Å². The minimum Gasteiger partial charge on any atom is -0.258 e. The van der Waals surface area contributed by atoms with Crippen molar-refractivity contribution in [1.82, 2.24) is 0 Å². The number of benzene rings is 2. The van der Waals surface area contributed by atoms with Crippen LogP contribution in [0.1, 0.15) is 0 Å². The quantitative estimate of drug-likeness (QED) is 0.343.